The number of halogens is 4. The molecule has 0 atom stereocenters. The number of hydrogen-bond acceptors (Lipinski definition) is 4. The molecule has 0 saturated carbocycles. The van der Waals surface area contributed by atoms with Gasteiger partial charge in [-0.05, 0) is 12.1 Å². The zero-order valence-corrected chi connectivity index (χ0v) is 12.7. The van der Waals surface area contributed by atoms with Gasteiger partial charge in [-0.1, -0.05) is 0 Å². The van der Waals surface area contributed by atoms with Crippen LogP contribution in [-0.4, -0.2) is 39.0 Å². The molecule has 1 aromatic rings. The lowest BCUT2D eigenvalue weighted by atomic mass is 10.3. The minimum atomic E-state index is -4.32. The standard InChI is InChI=1S/C10H11ClF3NO3S2/c1-15(5-4-10(12,13)14)8(16)6-7-2-3-9(19-7)20(11,17)18/h2-3H,4-6H2,1H3. The van der Waals surface area contributed by atoms with Crippen molar-refractivity contribution in [2.75, 3.05) is 13.6 Å². The van der Waals surface area contributed by atoms with Gasteiger partial charge in [0.15, 0.2) is 0 Å². The van der Waals surface area contributed by atoms with Gasteiger partial charge in [0.25, 0.3) is 9.05 Å². The Hall–Kier alpha value is -0.800. The molecular formula is C10H11ClF3NO3S2. The number of amides is 1. The maximum absolute atomic E-state index is 12.0. The van der Waals surface area contributed by atoms with Crippen molar-refractivity contribution < 1.29 is 26.4 Å². The molecule has 1 amide bonds. The first-order valence-corrected chi connectivity index (χ1v) is 8.46. The lowest BCUT2D eigenvalue weighted by Crippen LogP contribution is -2.31. The van der Waals surface area contributed by atoms with E-state index >= 15 is 0 Å². The van der Waals surface area contributed by atoms with Crippen LogP contribution in [0.4, 0.5) is 13.2 Å². The van der Waals surface area contributed by atoms with Crippen molar-refractivity contribution in [2.45, 2.75) is 23.2 Å². The number of nitrogens with zero attached hydrogens (tertiary/aromatic N) is 1. The quantitative estimate of drug-likeness (QED) is 0.768. The fourth-order valence-corrected chi connectivity index (χ4v) is 3.40. The van der Waals surface area contributed by atoms with Crippen LogP contribution >= 0.6 is 22.0 Å². The van der Waals surface area contributed by atoms with Crippen LogP contribution in [0.3, 0.4) is 0 Å². The van der Waals surface area contributed by atoms with Crippen molar-refractivity contribution in [2.24, 2.45) is 0 Å². The van der Waals surface area contributed by atoms with Crippen LogP contribution in [0.1, 0.15) is 11.3 Å². The molecule has 0 aliphatic heterocycles. The Labute approximate surface area is 122 Å². The summed E-state index contributed by atoms with van der Waals surface area (Å²) in [6.07, 6.45) is -5.57. The molecule has 0 N–H and O–H groups in total. The monoisotopic (exact) mass is 349 g/mol. The molecule has 4 nitrogen and oxygen atoms in total. The van der Waals surface area contributed by atoms with Gasteiger partial charge in [-0.2, -0.15) is 13.2 Å². The molecule has 20 heavy (non-hydrogen) atoms. The lowest BCUT2D eigenvalue weighted by molar-refractivity contribution is -0.143. The number of rotatable bonds is 5. The summed E-state index contributed by atoms with van der Waals surface area (Å²) >= 11 is 0.820. The molecule has 0 radical (unpaired) electrons. The van der Waals surface area contributed by atoms with Gasteiger partial charge in [-0.3, -0.25) is 4.79 Å². The highest BCUT2D eigenvalue weighted by atomic mass is 35.7. The second-order valence-electron chi connectivity index (χ2n) is 4.02. The van der Waals surface area contributed by atoms with Gasteiger partial charge in [-0.25, -0.2) is 8.42 Å². The van der Waals surface area contributed by atoms with Gasteiger partial charge in [0.05, 0.1) is 12.8 Å². The molecule has 1 aromatic heterocycles. The predicted molar refractivity (Wildman–Crippen MR) is 69.4 cm³/mol. The molecule has 0 aliphatic carbocycles. The molecule has 0 spiro atoms. The molecule has 0 bridgehead atoms. The largest absolute Gasteiger partial charge is 0.390 e. The number of carbonyl (C=O) groups is 1. The zero-order valence-electron chi connectivity index (χ0n) is 10.3. The normalized spacial score (nSPS) is 12.4. The summed E-state index contributed by atoms with van der Waals surface area (Å²) in [5.41, 5.74) is 0. The van der Waals surface area contributed by atoms with E-state index in [0.29, 0.717) is 4.88 Å². The summed E-state index contributed by atoms with van der Waals surface area (Å²) in [6.45, 7) is -0.436. The van der Waals surface area contributed by atoms with Gasteiger partial charge in [0.1, 0.15) is 4.21 Å². The van der Waals surface area contributed by atoms with Gasteiger partial charge < -0.3 is 4.90 Å². The van der Waals surface area contributed by atoms with Crippen molar-refractivity contribution in [3.63, 3.8) is 0 Å². The molecule has 10 heteroatoms. The average molecular weight is 350 g/mol. The Morgan fingerprint density at radius 3 is 2.45 bits per heavy atom. The summed E-state index contributed by atoms with van der Waals surface area (Å²) in [5.74, 6) is -0.519. The molecule has 1 heterocycles. The van der Waals surface area contributed by atoms with Crippen molar-refractivity contribution in [1.82, 2.24) is 4.90 Å². The minimum absolute atomic E-state index is 0.0973. The Bertz CT molecular complexity index is 583. The zero-order chi connectivity index (χ0) is 15.6. The van der Waals surface area contributed by atoms with Gasteiger partial charge in [0, 0.05) is 29.2 Å². The lowest BCUT2D eigenvalue weighted by Gasteiger charge is -2.17. The summed E-state index contributed by atoms with van der Waals surface area (Å²) in [6, 6.07) is 2.67. The van der Waals surface area contributed by atoms with E-state index in [4.69, 9.17) is 10.7 Å². The molecule has 1 rings (SSSR count). The third kappa shape index (κ3) is 5.68. The number of thiophene rings is 1. The molecule has 0 unspecified atom stereocenters. The summed E-state index contributed by atoms with van der Waals surface area (Å²) in [5, 5.41) is 0. The van der Waals surface area contributed by atoms with Crippen LogP contribution in [0.2, 0.25) is 0 Å². The van der Waals surface area contributed by atoms with Crippen LogP contribution in [0.25, 0.3) is 0 Å². The van der Waals surface area contributed by atoms with E-state index in [1.54, 1.807) is 0 Å². The van der Waals surface area contributed by atoms with E-state index in [9.17, 15) is 26.4 Å². The maximum atomic E-state index is 12.0. The van der Waals surface area contributed by atoms with E-state index in [1.807, 2.05) is 0 Å². The van der Waals surface area contributed by atoms with Crippen molar-refractivity contribution in [1.29, 1.82) is 0 Å². The van der Waals surface area contributed by atoms with Crippen LogP contribution in [-0.2, 0) is 20.3 Å². The van der Waals surface area contributed by atoms with E-state index in [2.05, 4.69) is 0 Å². The summed E-state index contributed by atoms with van der Waals surface area (Å²) in [4.78, 5) is 13.1. The fourth-order valence-electron chi connectivity index (χ4n) is 1.29. The molecule has 0 saturated heterocycles. The van der Waals surface area contributed by atoms with Crippen molar-refractivity contribution in [3.8, 4) is 0 Å². The second kappa shape index (κ2) is 6.31. The minimum Gasteiger partial charge on any atom is -0.345 e. The number of likely N-dealkylation sites (N-methyl/N-ethyl adjacent to an activating group) is 1. The summed E-state index contributed by atoms with van der Waals surface area (Å²) < 4.78 is 58.0. The number of carbonyl (C=O) groups excluding carboxylic acids is 1. The van der Waals surface area contributed by atoms with E-state index in [-0.39, 0.29) is 10.6 Å². The first-order valence-electron chi connectivity index (χ1n) is 5.33. The molecule has 0 aliphatic rings. The predicted octanol–water partition coefficient (Wildman–Crippen LogP) is 2.63. The molecule has 114 valence electrons. The number of hydrogen-bond donors (Lipinski definition) is 0. The topological polar surface area (TPSA) is 54.5 Å². The summed E-state index contributed by atoms with van der Waals surface area (Å²) in [7, 11) is 2.55. The molecular weight excluding hydrogens is 339 g/mol. The highest BCUT2D eigenvalue weighted by Gasteiger charge is 2.28. The highest BCUT2D eigenvalue weighted by molar-refractivity contribution is 8.15. The highest BCUT2D eigenvalue weighted by Crippen LogP contribution is 2.25. The fraction of sp³-hybridized carbons (Fsp3) is 0.500. The van der Waals surface area contributed by atoms with E-state index in [1.165, 1.54) is 19.2 Å². The Morgan fingerprint density at radius 1 is 1.40 bits per heavy atom. The second-order valence-corrected chi connectivity index (χ2v) is 7.98. The van der Waals surface area contributed by atoms with Crippen molar-refractivity contribution >= 4 is 37.0 Å². The van der Waals surface area contributed by atoms with Gasteiger partial charge in [-0.15, -0.1) is 11.3 Å². The molecule has 0 fully saturated rings. The third-order valence-corrected chi connectivity index (χ3v) is 5.54. The van der Waals surface area contributed by atoms with Crippen LogP contribution in [0.5, 0.6) is 0 Å². The van der Waals surface area contributed by atoms with Gasteiger partial charge >= 0.3 is 6.18 Å². The number of alkyl halides is 3. The van der Waals surface area contributed by atoms with Crippen molar-refractivity contribution in [3.05, 3.63) is 17.0 Å². The van der Waals surface area contributed by atoms with E-state index in [0.717, 1.165) is 16.2 Å². The Balaban J connectivity index is 2.60. The SMILES string of the molecule is CN(CCC(F)(F)F)C(=O)Cc1ccc(S(=O)(=O)Cl)s1. The average Bonchev–Trinajstić information content (AvgIpc) is 2.72. The molecule has 0 aromatic carbocycles. The first-order chi connectivity index (χ1) is 8.99. The first kappa shape index (κ1) is 17.3. The smallest absolute Gasteiger partial charge is 0.345 e. The van der Waals surface area contributed by atoms with Crippen LogP contribution < -0.4 is 0 Å². The van der Waals surface area contributed by atoms with Crippen LogP contribution in [0, 0.1) is 0 Å². The van der Waals surface area contributed by atoms with E-state index < -0.39 is 34.1 Å². The Kier molecular flexibility index (Phi) is 5.45. The Morgan fingerprint density at radius 2 is 2.00 bits per heavy atom. The van der Waals surface area contributed by atoms with Gasteiger partial charge in [0.2, 0.25) is 5.91 Å². The van der Waals surface area contributed by atoms with Crippen LogP contribution in [0.15, 0.2) is 16.3 Å². The third-order valence-electron chi connectivity index (χ3n) is 2.36. The maximum Gasteiger partial charge on any atom is 0.390 e.